The molecule has 0 aliphatic rings. The third kappa shape index (κ3) is 4.95. The number of halogens is 1. The maximum atomic E-state index is 10.4. The average molecular weight is 394 g/mol. The van der Waals surface area contributed by atoms with E-state index in [1.165, 1.54) is 15.0 Å². The molecule has 3 aromatic rings. The molecule has 2 heterocycles. The second-order valence-electron chi connectivity index (χ2n) is 5.54. The lowest BCUT2D eigenvalue weighted by Crippen LogP contribution is -2.40. The van der Waals surface area contributed by atoms with E-state index in [1.807, 2.05) is 30.3 Å². The Morgan fingerprint density at radius 3 is 2.76 bits per heavy atom. The minimum atomic E-state index is -0.563. The highest BCUT2D eigenvalue weighted by atomic mass is 35.5. The van der Waals surface area contributed by atoms with Crippen LogP contribution >= 0.6 is 34.3 Å². The molecule has 0 fully saturated rings. The highest BCUT2D eigenvalue weighted by Gasteiger charge is 2.12. The molecule has 1 aromatic carbocycles. The van der Waals surface area contributed by atoms with E-state index >= 15 is 0 Å². The van der Waals surface area contributed by atoms with E-state index in [9.17, 15) is 5.11 Å². The lowest BCUT2D eigenvalue weighted by atomic mass is 10.2. The van der Waals surface area contributed by atoms with Crippen molar-refractivity contribution in [2.75, 3.05) is 20.1 Å². The van der Waals surface area contributed by atoms with Crippen LogP contribution in [0.2, 0.25) is 4.34 Å². The van der Waals surface area contributed by atoms with Crippen molar-refractivity contribution < 1.29 is 5.11 Å². The van der Waals surface area contributed by atoms with Gasteiger partial charge in [-0.25, -0.2) is 0 Å². The first kappa shape index (κ1) is 18.2. The van der Waals surface area contributed by atoms with Crippen LogP contribution in [-0.4, -0.2) is 31.2 Å². The minimum Gasteiger partial charge on any atom is -0.386 e. The van der Waals surface area contributed by atoms with Crippen molar-refractivity contribution in [2.24, 2.45) is 4.99 Å². The van der Waals surface area contributed by atoms with E-state index in [-0.39, 0.29) is 0 Å². The molecule has 0 saturated heterocycles. The third-order valence-corrected chi connectivity index (χ3v) is 6.26. The van der Waals surface area contributed by atoms with E-state index in [0.29, 0.717) is 12.5 Å². The van der Waals surface area contributed by atoms with E-state index in [2.05, 4.69) is 27.8 Å². The molecule has 0 bridgehead atoms. The van der Waals surface area contributed by atoms with Gasteiger partial charge in [-0.15, -0.1) is 22.7 Å². The minimum absolute atomic E-state index is 0.414. The standard InChI is InChI=1S/C18H20ClN3OS2/c1-20-18(21-9-8-13-6-7-17(19)24-13)22-11-14(23)16-10-12-4-2-3-5-15(12)25-16/h2-7,10,14,23H,8-9,11H2,1H3,(H2,20,21,22). The fourth-order valence-corrected chi connectivity index (χ4v) is 4.61. The number of hydrogen-bond donors (Lipinski definition) is 3. The van der Waals surface area contributed by atoms with Crippen molar-refractivity contribution in [1.29, 1.82) is 0 Å². The molecule has 0 amide bonds. The van der Waals surface area contributed by atoms with Crippen LogP contribution in [0.25, 0.3) is 10.1 Å². The summed E-state index contributed by atoms with van der Waals surface area (Å²) in [5, 5.41) is 18.0. The van der Waals surface area contributed by atoms with Crippen LogP contribution in [0.4, 0.5) is 0 Å². The van der Waals surface area contributed by atoms with Gasteiger partial charge in [0.15, 0.2) is 5.96 Å². The number of aliphatic imine (C=N–C) groups is 1. The van der Waals surface area contributed by atoms with Gasteiger partial charge < -0.3 is 15.7 Å². The molecular formula is C18H20ClN3OS2. The van der Waals surface area contributed by atoms with Gasteiger partial charge >= 0.3 is 0 Å². The van der Waals surface area contributed by atoms with Gasteiger partial charge in [0.1, 0.15) is 6.10 Å². The van der Waals surface area contributed by atoms with E-state index in [0.717, 1.165) is 22.2 Å². The molecule has 132 valence electrons. The fourth-order valence-electron chi connectivity index (χ4n) is 2.47. The molecule has 4 nitrogen and oxygen atoms in total. The summed E-state index contributed by atoms with van der Waals surface area (Å²) in [7, 11) is 1.73. The number of aliphatic hydroxyl groups is 1. The van der Waals surface area contributed by atoms with Crippen LogP contribution in [0.3, 0.4) is 0 Å². The van der Waals surface area contributed by atoms with Crippen LogP contribution in [0.15, 0.2) is 47.5 Å². The summed E-state index contributed by atoms with van der Waals surface area (Å²) in [6.45, 7) is 1.17. The zero-order valence-corrected chi connectivity index (χ0v) is 16.2. The smallest absolute Gasteiger partial charge is 0.191 e. The maximum Gasteiger partial charge on any atom is 0.191 e. The molecule has 0 aliphatic carbocycles. The van der Waals surface area contributed by atoms with Crippen molar-refractivity contribution in [3.05, 3.63) is 56.6 Å². The second kappa shape index (κ2) is 8.67. The zero-order chi connectivity index (χ0) is 17.6. The van der Waals surface area contributed by atoms with Crippen LogP contribution < -0.4 is 10.6 Å². The quantitative estimate of drug-likeness (QED) is 0.437. The van der Waals surface area contributed by atoms with Crippen LogP contribution in [0.5, 0.6) is 0 Å². The molecule has 3 rings (SSSR count). The summed E-state index contributed by atoms with van der Waals surface area (Å²) in [5.74, 6) is 0.683. The Kier molecular flexibility index (Phi) is 6.31. The number of hydrogen-bond acceptors (Lipinski definition) is 4. The normalized spacial score (nSPS) is 13.2. The van der Waals surface area contributed by atoms with Gasteiger partial charge in [-0.05, 0) is 36.1 Å². The number of rotatable bonds is 6. The molecule has 25 heavy (non-hydrogen) atoms. The molecule has 0 spiro atoms. The zero-order valence-electron chi connectivity index (χ0n) is 13.8. The summed E-state index contributed by atoms with van der Waals surface area (Å²) in [4.78, 5) is 6.39. The second-order valence-corrected chi connectivity index (χ2v) is 8.45. The Labute approximate surface area is 160 Å². The lowest BCUT2D eigenvalue weighted by Gasteiger charge is -2.14. The van der Waals surface area contributed by atoms with Crippen molar-refractivity contribution in [1.82, 2.24) is 10.6 Å². The number of guanidine groups is 1. The Morgan fingerprint density at radius 2 is 2.04 bits per heavy atom. The molecule has 2 aromatic heterocycles. The number of fused-ring (bicyclic) bond motifs is 1. The summed E-state index contributed by atoms with van der Waals surface area (Å²) >= 11 is 9.15. The first-order valence-corrected chi connectivity index (χ1v) is 10.0. The maximum absolute atomic E-state index is 10.4. The number of thiophene rings is 2. The Hall–Kier alpha value is -1.60. The molecule has 0 radical (unpaired) electrons. The van der Waals surface area contributed by atoms with E-state index < -0.39 is 6.10 Å². The first-order chi connectivity index (χ1) is 12.2. The van der Waals surface area contributed by atoms with Crippen molar-refractivity contribution in [3.63, 3.8) is 0 Å². The summed E-state index contributed by atoms with van der Waals surface area (Å²) in [6, 6.07) is 14.2. The van der Waals surface area contributed by atoms with Gasteiger partial charge in [0.2, 0.25) is 0 Å². The van der Waals surface area contributed by atoms with Crippen molar-refractivity contribution in [3.8, 4) is 0 Å². The Bertz CT molecular complexity index is 826. The molecule has 1 unspecified atom stereocenters. The predicted molar refractivity (Wildman–Crippen MR) is 109 cm³/mol. The van der Waals surface area contributed by atoms with Crippen LogP contribution in [-0.2, 0) is 6.42 Å². The summed E-state index contributed by atoms with van der Waals surface area (Å²) < 4.78 is 2.00. The van der Waals surface area contributed by atoms with Gasteiger partial charge in [-0.3, -0.25) is 4.99 Å². The largest absolute Gasteiger partial charge is 0.386 e. The molecule has 3 N–H and O–H groups in total. The van der Waals surface area contributed by atoms with Gasteiger partial charge in [-0.2, -0.15) is 0 Å². The number of nitrogens with zero attached hydrogens (tertiary/aromatic N) is 1. The van der Waals surface area contributed by atoms with Crippen LogP contribution in [0.1, 0.15) is 15.9 Å². The monoisotopic (exact) mass is 393 g/mol. The predicted octanol–water partition coefficient (Wildman–Crippen LogP) is 4.06. The van der Waals surface area contributed by atoms with E-state index in [4.69, 9.17) is 11.6 Å². The number of nitrogens with one attached hydrogen (secondary N) is 2. The van der Waals surface area contributed by atoms with Gasteiger partial charge in [0.25, 0.3) is 0 Å². The van der Waals surface area contributed by atoms with Gasteiger partial charge in [0.05, 0.1) is 4.34 Å². The summed E-state index contributed by atoms with van der Waals surface area (Å²) in [5.41, 5.74) is 0. The molecular weight excluding hydrogens is 374 g/mol. The highest BCUT2D eigenvalue weighted by molar-refractivity contribution is 7.19. The van der Waals surface area contributed by atoms with Crippen molar-refractivity contribution in [2.45, 2.75) is 12.5 Å². The molecule has 0 aliphatic heterocycles. The van der Waals surface area contributed by atoms with Crippen molar-refractivity contribution >= 4 is 50.3 Å². The summed E-state index contributed by atoms with van der Waals surface area (Å²) in [6.07, 6.45) is 0.323. The van der Waals surface area contributed by atoms with E-state index in [1.54, 1.807) is 29.7 Å². The SMILES string of the molecule is CN=C(NCCc1ccc(Cl)s1)NCC(O)c1cc2ccccc2s1. The Balaban J connectivity index is 1.48. The number of aliphatic hydroxyl groups excluding tert-OH is 1. The van der Waals surface area contributed by atoms with Crippen LogP contribution in [0, 0.1) is 0 Å². The molecule has 7 heteroatoms. The first-order valence-electron chi connectivity index (χ1n) is 8.01. The highest BCUT2D eigenvalue weighted by Crippen LogP contribution is 2.29. The van der Waals surface area contributed by atoms with Gasteiger partial charge in [-0.1, -0.05) is 29.8 Å². The lowest BCUT2D eigenvalue weighted by molar-refractivity contribution is 0.184. The fraction of sp³-hybridized carbons (Fsp3) is 0.278. The average Bonchev–Trinajstić information content (AvgIpc) is 3.23. The number of benzene rings is 1. The topological polar surface area (TPSA) is 56.7 Å². The Morgan fingerprint density at radius 1 is 1.20 bits per heavy atom. The van der Waals surface area contributed by atoms with Gasteiger partial charge in [0, 0.05) is 34.6 Å². The molecule has 1 atom stereocenters. The third-order valence-electron chi connectivity index (χ3n) is 3.75. The molecule has 0 saturated carbocycles.